The second-order valence-corrected chi connectivity index (χ2v) is 17.6. The summed E-state index contributed by atoms with van der Waals surface area (Å²) in [5.41, 5.74) is 0. The Bertz CT molecular complexity index is 1080. The molecule has 0 rings (SSSR count). The van der Waals surface area contributed by atoms with Crippen molar-refractivity contribution < 1.29 is 47.8 Å². The second-order valence-electron chi connectivity index (χ2n) is 16.1. The molecule has 3 N–H and O–H groups in total. The van der Waals surface area contributed by atoms with Crippen molar-refractivity contribution in [3.05, 3.63) is 36.5 Å². The van der Waals surface area contributed by atoms with E-state index in [1.54, 1.807) is 0 Å². The summed E-state index contributed by atoms with van der Waals surface area (Å²) in [7, 11) is -4.63. The summed E-state index contributed by atoms with van der Waals surface area (Å²) in [6.07, 6.45) is 46.9. The maximum absolute atomic E-state index is 12.6. The summed E-state index contributed by atoms with van der Waals surface area (Å²) in [4.78, 5) is 35.1. The minimum atomic E-state index is -4.63. The van der Waals surface area contributed by atoms with Crippen molar-refractivity contribution in [2.24, 2.45) is 0 Å². The molecule has 0 saturated carbocycles. The van der Waals surface area contributed by atoms with E-state index in [1.807, 2.05) is 0 Å². The maximum atomic E-state index is 12.6. The highest BCUT2D eigenvalue weighted by Crippen LogP contribution is 2.43. The van der Waals surface area contributed by atoms with Gasteiger partial charge in [0.05, 0.1) is 19.8 Å². The zero-order chi connectivity index (χ0) is 43.3. The van der Waals surface area contributed by atoms with E-state index in [2.05, 4.69) is 50.3 Å². The number of ether oxygens (including phenoxy) is 2. The fraction of sp³-hybridized carbons (Fsp3) is 0.833. The smallest absolute Gasteiger partial charge is 0.462 e. The van der Waals surface area contributed by atoms with E-state index in [4.69, 9.17) is 23.6 Å². The van der Waals surface area contributed by atoms with E-state index in [-0.39, 0.29) is 19.4 Å². The Hall–Kier alpha value is -1.81. The fourth-order valence-electron chi connectivity index (χ4n) is 6.56. The number of esters is 2. The van der Waals surface area contributed by atoms with Crippen LogP contribution >= 0.6 is 7.82 Å². The molecule has 11 heteroatoms. The molecule has 1 unspecified atom stereocenters. The lowest BCUT2D eigenvalue weighted by Crippen LogP contribution is -2.29. The van der Waals surface area contributed by atoms with E-state index < -0.39 is 51.8 Å². The molecular formula is C48H89O10P. The van der Waals surface area contributed by atoms with Crippen LogP contribution in [0.2, 0.25) is 0 Å². The summed E-state index contributed by atoms with van der Waals surface area (Å²) in [6.45, 7) is 2.35. The molecule has 0 aliphatic heterocycles. The Labute approximate surface area is 361 Å². The normalized spacial score (nSPS) is 14.1. The predicted molar refractivity (Wildman–Crippen MR) is 242 cm³/mol. The van der Waals surface area contributed by atoms with Crippen LogP contribution in [0.3, 0.4) is 0 Å². The van der Waals surface area contributed by atoms with E-state index in [0.717, 1.165) is 38.5 Å². The van der Waals surface area contributed by atoms with Crippen molar-refractivity contribution in [2.45, 2.75) is 232 Å². The number of aliphatic hydroxyl groups excluding tert-OH is 2. The van der Waals surface area contributed by atoms with Crippen molar-refractivity contribution in [3.63, 3.8) is 0 Å². The van der Waals surface area contributed by atoms with Gasteiger partial charge in [-0.05, 0) is 64.2 Å². The third kappa shape index (κ3) is 44.1. The van der Waals surface area contributed by atoms with Crippen molar-refractivity contribution in [1.82, 2.24) is 0 Å². The van der Waals surface area contributed by atoms with E-state index in [1.165, 1.54) is 141 Å². The number of aliphatic hydroxyl groups is 2. The van der Waals surface area contributed by atoms with Gasteiger partial charge in [0.2, 0.25) is 0 Å². The number of phosphoric acid groups is 1. The van der Waals surface area contributed by atoms with Crippen LogP contribution in [-0.2, 0) is 32.7 Å². The minimum absolute atomic E-state index is 0.174. The lowest BCUT2D eigenvalue weighted by Gasteiger charge is -2.20. The van der Waals surface area contributed by atoms with Crippen LogP contribution in [-0.4, -0.2) is 65.7 Å². The highest BCUT2D eigenvalue weighted by Gasteiger charge is 2.27. The Morgan fingerprint density at radius 3 is 1.37 bits per heavy atom. The molecule has 0 aliphatic rings. The molecule has 3 atom stereocenters. The third-order valence-corrected chi connectivity index (χ3v) is 11.2. The first kappa shape index (κ1) is 57.2. The Morgan fingerprint density at radius 1 is 0.508 bits per heavy atom. The molecule has 0 bridgehead atoms. The Morgan fingerprint density at radius 2 is 0.898 bits per heavy atom. The van der Waals surface area contributed by atoms with Gasteiger partial charge < -0.3 is 24.6 Å². The standard InChI is InChI=1S/C48H89O10P/c1-3-5-7-9-11-13-15-17-19-21-22-24-26-28-30-32-34-36-38-40-48(52)58-46(44-57-59(53,54)56-42-45(50)41-49)43-55-47(51)39-37-35-33-31-29-27-25-23-20-18-16-14-12-10-8-6-4-2/h17,19,25,27,31,33,45-46,49-50H,3-16,18,20-24,26,28-30,32,34-44H2,1-2H3,(H,53,54)/b19-17+,27-25+,33-31+/t45-,46+/m0/s1. The van der Waals surface area contributed by atoms with Crippen LogP contribution in [0, 0.1) is 0 Å². The summed E-state index contributed by atoms with van der Waals surface area (Å²) in [5.74, 6) is -0.974. The summed E-state index contributed by atoms with van der Waals surface area (Å²) in [5, 5.41) is 18.4. The van der Waals surface area contributed by atoms with Crippen molar-refractivity contribution in [3.8, 4) is 0 Å². The van der Waals surface area contributed by atoms with Crippen molar-refractivity contribution in [1.29, 1.82) is 0 Å². The van der Waals surface area contributed by atoms with Gasteiger partial charge in [-0.25, -0.2) is 4.57 Å². The molecular weight excluding hydrogens is 767 g/mol. The van der Waals surface area contributed by atoms with Crippen LogP contribution in [0.5, 0.6) is 0 Å². The largest absolute Gasteiger partial charge is 0.472 e. The summed E-state index contributed by atoms with van der Waals surface area (Å²) < 4.78 is 32.7. The van der Waals surface area contributed by atoms with Gasteiger partial charge in [-0.1, -0.05) is 179 Å². The molecule has 0 aliphatic carbocycles. The number of unbranched alkanes of at least 4 members (excludes halogenated alkanes) is 25. The number of rotatable bonds is 45. The van der Waals surface area contributed by atoms with Crippen LogP contribution in [0.15, 0.2) is 36.5 Å². The SMILES string of the molecule is CCCCCCCC/C=C/CCCCCCCCCCCC(=O)O[C@H](COC(=O)CCC/C=C/C/C=C/CCCCCCCCCCC)COP(=O)(O)OC[C@@H](O)CO. The first-order valence-electron chi connectivity index (χ1n) is 23.9. The molecule has 0 amide bonds. The molecule has 0 aromatic carbocycles. The molecule has 0 aromatic heterocycles. The number of carbonyl (C=O) groups is 2. The quantitative estimate of drug-likeness (QED) is 0.0234. The molecule has 0 radical (unpaired) electrons. The van der Waals surface area contributed by atoms with Gasteiger partial charge in [0.25, 0.3) is 0 Å². The summed E-state index contributed by atoms with van der Waals surface area (Å²) in [6, 6.07) is 0. The topological polar surface area (TPSA) is 149 Å². The Kier molecular flexibility index (Phi) is 42.9. The highest BCUT2D eigenvalue weighted by molar-refractivity contribution is 7.47. The maximum Gasteiger partial charge on any atom is 0.472 e. The predicted octanol–water partition coefficient (Wildman–Crippen LogP) is 13.1. The lowest BCUT2D eigenvalue weighted by molar-refractivity contribution is -0.161. The number of hydrogen-bond acceptors (Lipinski definition) is 9. The molecule has 10 nitrogen and oxygen atoms in total. The number of carbonyl (C=O) groups excluding carboxylic acids is 2. The van der Waals surface area contributed by atoms with Gasteiger partial charge in [0.1, 0.15) is 12.7 Å². The van der Waals surface area contributed by atoms with Crippen LogP contribution in [0.1, 0.15) is 219 Å². The van der Waals surface area contributed by atoms with Gasteiger partial charge in [-0.2, -0.15) is 0 Å². The number of hydrogen-bond donors (Lipinski definition) is 3. The molecule has 0 heterocycles. The zero-order valence-electron chi connectivity index (χ0n) is 37.7. The monoisotopic (exact) mass is 857 g/mol. The van der Waals surface area contributed by atoms with Crippen LogP contribution < -0.4 is 0 Å². The summed E-state index contributed by atoms with van der Waals surface area (Å²) >= 11 is 0. The first-order valence-corrected chi connectivity index (χ1v) is 25.4. The van der Waals surface area contributed by atoms with Gasteiger partial charge in [-0.3, -0.25) is 18.6 Å². The first-order chi connectivity index (χ1) is 28.7. The molecule has 346 valence electrons. The Balaban J connectivity index is 4.28. The van der Waals surface area contributed by atoms with Crippen LogP contribution in [0.4, 0.5) is 0 Å². The zero-order valence-corrected chi connectivity index (χ0v) is 38.6. The van der Waals surface area contributed by atoms with E-state index in [0.29, 0.717) is 12.8 Å². The van der Waals surface area contributed by atoms with Gasteiger partial charge >= 0.3 is 19.8 Å². The molecule has 0 saturated heterocycles. The fourth-order valence-corrected chi connectivity index (χ4v) is 7.35. The average Bonchev–Trinajstić information content (AvgIpc) is 3.22. The highest BCUT2D eigenvalue weighted by atomic mass is 31.2. The molecule has 0 aromatic rings. The second kappa shape index (κ2) is 44.3. The molecule has 0 spiro atoms. The van der Waals surface area contributed by atoms with Gasteiger partial charge in [-0.15, -0.1) is 0 Å². The number of phosphoric ester groups is 1. The van der Waals surface area contributed by atoms with E-state index in [9.17, 15) is 24.2 Å². The van der Waals surface area contributed by atoms with Crippen molar-refractivity contribution in [2.75, 3.05) is 26.4 Å². The average molecular weight is 857 g/mol. The van der Waals surface area contributed by atoms with Gasteiger partial charge in [0, 0.05) is 12.8 Å². The lowest BCUT2D eigenvalue weighted by atomic mass is 10.1. The van der Waals surface area contributed by atoms with Gasteiger partial charge in [0.15, 0.2) is 6.10 Å². The third-order valence-electron chi connectivity index (χ3n) is 10.3. The van der Waals surface area contributed by atoms with E-state index >= 15 is 0 Å². The van der Waals surface area contributed by atoms with Crippen LogP contribution in [0.25, 0.3) is 0 Å². The minimum Gasteiger partial charge on any atom is -0.462 e. The molecule has 0 fully saturated rings. The number of allylic oxidation sites excluding steroid dienone is 6. The van der Waals surface area contributed by atoms with Crippen molar-refractivity contribution >= 4 is 19.8 Å². The molecule has 59 heavy (non-hydrogen) atoms.